The lowest BCUT2D eigenvalue weighted by molar-refractivity contribution is -0.123. The van der Waals surface area contributed by atoms with Gasteiger partial charge < -0.3 is 4.42 Å². The molecule has 2 amide bonds. The van der Waals surface area contributed by atoms with Crippen LogP contribution in [0.2, 0.25) is 0 Å². The van der Waals surface area contributed by atoms with E-state index >= 15 is 0 Å². The lowest BCUT2D eigenvalue weighted by Gasteiger charge is -2.11. The fourth-order valence-electron chi connectivity index (χ4n) is 3.13. The van der Waals surface area contributed by atoms with E-state index in [1.807, 2.05) is 30.3 Å². The molecule has 0 spiro atoms. The SMILES string of the molecule is O=C(NNC(=O)C1CC(c2ccccc2)NN1)c1cc2ccccc2oc1=O. The second-order valence-electron chi connectivity index (χ2n) is 6.47. The number of hydrogen-bond donors (Lipinski definition) is 4. The molecule has 1 aliphatic rings. The van der Waals surface area contributed by atoms with Gasteiger partial charge in [0.1, 0.15) is 17.2 Å². The van der Waals surface area contributed by atoms with Crippen molar-refractivity contribution in [2.75, 3.05) is 0 Å². The van der Waals surface area contributed by atoms with Gasteiger partial charge in [0, 0.05) is 11.4 Å². The van der Waals surface area contributed by atoms with Crippen molar-refractivity contribution in [3.8, 4) is 0 Å². The smallest absolute Gasteiger partial charge is 0.349 e. The average molecular weight is 378 g/mol. The molecule has 0 bridgehead atoms. The molecule has 1 saturated heterocycles. The number of fused-ring (bicyclic) bond motifs is 1. The number of carbonyl (C=O) groups is 2. The maximum Gasteiger partial charge on any atom is 0.349 e. The zero-order chi connectivity index (χ0) is 19.5. The molecule has 142 valence electrons. The van der Waals surface area contributed by atoms with Crippen LogP contribution in [0.25, 0.3) is 11.0 Å². The third-order valence-corrected chi connectivity index (χ3v) is 4.61. The predicted octanol–water partition coefficient (Wildman–Crippen LogP) is 1.16. The Hall–Kier alpha value is -3.49. The van der Waals surface area contributed by atoms with Crippen LogP contribution in [0, 0.1) is 0 Å². The molecule has 4 rings (SSSR count). The van der Waals surface area contributed by atoms with Crippen LogP contribution >= 0.6 is 0 Å². The van der Waals surface area contributed by atoms with E-state index in [2.05, 4.69) is 21.7 Å². The van der Waals surface area contributed by atoms with Crippen molar-refractivity contribution < 1.29 is 14.0 Å². The van der Waals surface area contributed by atoms with Crippen molar-refractivity contribution in [3.63, 3.8) is 0 Å². The van der Waals surface area contributed by atoms with Crippen LogP contribution in [0.1, 0.15) is 28.4 Å². The van der Waals surface area contributed by atoms with Gasteiger partial charge in [-0.25, -0.2) is 15.6 Å². The molecule has 0 saturated carbocycles. The molecule has 1 fully saturated rings. The Morgan fingerprint density at radius 3 is 2.54 bits per heavy atom. The summed E-state index contributed by atoms with van der Waals surface area (Å²) in [5.74, 6) is -1.15. The Balaban J connectivity index is 1.38. The summed E-state index contributed by atoms with van der Waals surface area (Å²) < 4.78 is 5.13. The van der Waals surface area contributed by atoms with Gasteiger partial charge >= 0.3 is 5.63 Å². The van der Waals surface area contributed by atoms with E-state index in [4.69, 9.17) is 4.42 Å². The first-order valence-corrected chi connectivity index (χ1v) is 8.81. The number of carbonyl (C=O) groups excluding carboxylic acids is 2. The van der Waals surface area contributed by atoms with E-state index in [-0.39, 0.29) is 11.6 Å². The van der Waals surface area contributed by atoms with Gasteiger partial charge in [-0.15, -0.1) is 0 Å². The van der Waals surface area contributed by atoms with E-state index in [9.17, 15) is 14.4 Å². The monoisotopic (exact) mass is 378 g/mol. The van der Waals surface area contributed by atoms with Crippen LogP contribution in [0.5, 0.6) is 0 Å². The van der Waals surface area contributed by atoms with Gasteiger partial charge in [-0.3, -0.25) is 20.4 Å². The van der Waals surface area contributed by atoms with Crippen LogP contribution in [0.3, 0.4) is 0 Å². The molecule has 2 atom stereocenters. The maximum absolute atomic E-state index is 12.3. The molecule has 8 heteroatoms. The molecular weight excluding hydrogens is 360 g/mol. The molecule has 1 aliphatic heterocycles. The highest BCUT2D eigenvalue weighted by Gasteiger charge is 2.30. The van der Waals surface area contributed by atoms with Crippen LogP contribution in [-0.2, 0) is 4.79 Å². The fraction of sp³-hybridized carbons (Fsp3) is 0.150. The van der Waals surface area contributed by atoms with E-state index in [1.165, 1.54) is 6.07 Å². The molecule has 2 unspecified atom stereocenters. The first-order valence-electron chi connectivity index (χ1n) is 8.81. The molecular formula is C20H18N4O4. The highest BCUT2D eigenvalue weighted by atomic mass is 16.4. The molecule has 3 aromatic rings. The Labute approximate surface area is 159 Å². The minimum Gasteiger partial charge on any atom is -0.422 e. The van der Waals surface area contributed by atoms with E-state index in [0.717, 1.165) is 5.56 Å². The highest BCUT2D eigenvalue weighted by molar-refractivity contribution is 5.97. The first kappa shape index (κ1) is 17.9. The summed E-state index contributed by atoms with van der Waals surface area (Å²) >= 11 is 0. The lowest BCUT2D eigenvalue weighted by Crippen LogP contribution is -2.50. The Morgan fingerprint density at radius 2 is 1.71 bits per heavy atom. The predicted molar refractivity (Wildman–Crippen MR) is 102 cm³/mol. The number of para-hydroxylation sites is 1. The van der Waals surface area contributed by atoms with Gasteiger partial charge in [0.2, 0.25) is 0 Å². The second kappa shape index (κ2) is 7.63. The second-order valence-corrected chi connectivity index (χ2v) is 6.47. The summed E-state index contributed by atoms with van der Waals surface area (Å²) in [7, 11) is 0. The quantitative estimate of drug-likeness (QED) is 0.402. The normalized spacial score (nSPS) is 18.7. The Kier molecular flexibility index (Phi) is 4.88. The van der Waals surface area contributed by atoms with E-state index in [1.54, 1.807) is 24.3 Å². The summed E-state index contributed by atoms with van der Waals surface area (Å²) in [6.45, 7) is 0. The summed E-state index contributed by atoms with van der Waals surface area (Å²) in [4.78, 5) is 36.6. The standard InChI is InChI=1S/C20H18N4O4/c25-18(14-10-13-8-4-5-9-17(13)28-20(14)27)23-24-19(26)16-11-15(21-22-16)12-6-2-1-3-7-12/h1-10,15-16,21-22H,11H2,(H,23,25)(H,24,26). The number of hydrazine groups is 2. The summed E-state index contributed by atoms with van der Waals surface area (Å²) in [6.07, 6.45) is 0.518. The number of benzene rings is 2. The molecule has 2 heterocycles. The van der Waals surface area contributed by atoms with E-state index < -0.39 is 23.5 Å². The molecule has 0 radical (unpaired) electrons. The number of rotatable bonds is 3. The lowest BCUT2D eigenvalue weighted by atomic mass is 10.0. The van der Waals surface area contributed by atoms with Crippen molar-refractivity contribution in [1.82, 2.24) is 21.7 Å². The topological polar surface area (TPSA) is 112 Å². The minimum absolute atomic E-state index is 0.0137. The van der Waals surface area contributed by atoms with Gasteiger partial charge in [-0.05, 0) is 24.1 Å². The number of amides is 2. The Morgan fingerprint density at radius 1 is 0.964 bits per heavy atom. The minimum atomic E-state index is -0.768. The van der Waals surface area contributed by atoms with Crippen molar-refractivity contribution >= 4 is 22.8 Å². The van der Waals surface area contributed by atoms with Gasteiger partial charge in [0.25, 0.3) is 11.8 Å². The van der Waals surface area contributed by atoms with Gasteiger partial charge in [-0.2, -0.15) is 0 Å². The summed E-state index contributed by atoms with van der Waals surface area (Å²) in [6, 6.07) is 17.5. The Bertz CT molecular complexity index is 1080. The molecule has 2 aromatic carbocycles. The molecule has 4 N–H and O–H groups in total. The number of hydrogen-bond acceptors (Lipinski definition) is 6. The molecule has 1 aromatic heterocycles. The molecule has 0 aliphatic carbocycles. The number of nitrogens with one attached hydrogen (secondary N) is 4. The third-order valence-electron chi connectivity index (χ3n) is 4.61. The molecule has 8 nitrogen and oxygen atoms in total. The van der Waals surface area contributed by atoms with Crippen LogP contribution in [-0.4, -0.2) is 17.9 Å². The summed E-state index contributed by atoms with van der Waals surface area (Å²) in [5, 5.41) is 0.617. The maximum atomic E-state index is 12.3. The third kappa shape index (κ3) is 3.64. The highest BCUT2D eigenvalue weighted by Crippen LogP contribution is 2.21. The van der Waals surface area contributed by atoms with Crippen molar-refractivity contribution in [2.24, 2.45) is 0 Å². The van der Waals surface area contributed by atoms with Crippen molar-refractivity contribution in [1.29, 1.82) is 0 Å². The van der Waals surface area contributed by atoms with Crippen molar-refractivity contribution in [3.05, 3.63) is 82.2 Å². The van der Waals surface area contributed by atoms with Crippen LogP contribution in [0.4, 0.5) is 0 Å². The molecule has 28 heavy (non-hydrogen) atoms. The zero-order valence-corrected chi connectivity index (χ0v) is 14.8. The fourth-order valence-corrected chi connectivity index (χ4v) is 3.13. The van der Waals surface area contributed by atoms with Crippen LogP contribution < -0.4 is 27.3 Å². The largest absolute Gasteiger partial charge is 0.422 e. The average Bonchev–Trinajstić information content (AvgIpc) is 3.22. The zero-order valence-electron chi connectivity index (χ0n) is 14.8. The van der Waals surface area contributed by atoms with Crippen molar-refractivity contribution in [2.45, 2.75) is 18.5 Å². The van der Waals surface area contributed by atoms with E-state index in [0.29, 0.717) is 17.4 Å². The van der Waals surface area contributed by atoms with Gasteiger partial charge in [0.15, 0.2) is 0 Å². The van der Waals surface area contributed by atoms with Gasteiger partial charge in [0.05, 0.1) is 0 Å². The van der Waals surface area contributed by atoms with Gasteiger partial charge in [-0.1, -0.05) is 48.5 Å². The van der Waals surface area contributed by atoms with Crippen LogP contribution in [0.15, 0.2) is 69.9 Å². The first-order chi connectivity index (χ1) is 13.6. The summed E-state index contributed by atoms with van der Waals surface area (Å²) in [5.41, 5.74) is 11.1.